The minimum Gasteiger partial charge on any atom is -0.312 e. The molecule has 1 radical (unpaired) electrons. The van der Waals surface area contributed by atoms with Crippen molar-refractivity contribution >= 4 is 0 Å². The molecular formula is C8H23N2. The van der Waals surface area contributed by atoms with Crippen molar-refractivity contribution < 1.29 is 0 Å². The lowest BCUT2D eigenvalue weighted by Gasteiger charge is -1.90. The topological polar surface area (TPSA) is 6.48 Å². The first-order valence-corrected chi connectivity index (χ1v) is 3.39. The van der Waals surface area contributed by atoms with Crippen molar-refractivity contribution in [3.05, 3.63) is 6.92 Å². The Hall–Kier alpha value is -0.0800. The molecule has 0 aromatic heterocycles. The monoisotopic (exact) mass is 147 g/mol. The van der Waals surface area contributed by atoms with Crippen molar-refractivity contribution in [1.82, 2.24) is 9.80 Å². The lowest BCUT2D eigenvalue weighted by molar-refractivity contribution is 0.505. The second-order valence-electron chi connectivity index (χ2n) is 2.68. The molecule has 0 unspecified atom stereocenters. The molecule has 0 saturated heterocycles. The summed E-state index contributed by atoms with van der Waals surface area (Å²) >= 11 is 0. The fraction of sp³-hybridized carbons (Fsp3) is 0.875. The van der Waals surface area contributed by atoms with Crippen LogP contribution in [0.15, 0.2) is 0 Å². The standard InChI is InChI=1S/2C3H9N.C2H5/c2*1-4(2)3;1-2/h2*1-3H3;1H2,2H3. The van der Waals surface area contributed by atoms with Crippen LogP contribution in [0.25, 0.3) is 0 Å². The molecular weight excluding hydrogens is 124 g/mol. The maximum absolute atomic E-state index is 3.25. The fourth-order valence-corrected chi connectivity index (χ4v) is 0. The van der Waals surface area contributed by atoms with Crippen LogP contribution in [-0.4, -0.2) is 52.1 Å². The van der Waals surface area contributed by atoms with Gasteiger partial charge in [-0.2, -0.15) is 0 Å². The van der Waals surface area contributed by atoms with Crippen LogP contribution in [0.2, 0.25) is 0 Å². The number of rotatable bonds is 0. The Morgan fingerprint density at radius 1 is 0.600 bits per heavy atom. The van der Waals surface area contributed by atoms with Crippen molar-refractivity contribution in [2.75, 3.05) is 42.3 Å². The van der Waals surface area contributed by atoms with Gasteiger partial charge in [-0.25, -0.2) is 0 Å². The maximum atomic E-state index is 3.25. The van der Waals surface area contributed by atoms with E-state index in [1.807, 2.05) is 52.1 Å². The Labute approximate surface area is 66.8 Å². The van der Waals surface area contributed by atoms with Crippen molar-refractivity contribution in [2.45, 2.75) is 6.92 Å². The van der Waals surface area contributed by atoms with Gasteiger partial charge in [-0.1, -0.05) is 13.8 Å². The summed E-state index contributed by atoms with van der Waals surface area (Å²) in [5.41, 5.74) is 0. The highest BCUT2D eigenvalue weighted by Gasteiger charge is 1.58. The van der Waals surface area contributed by atoms with Crippen LogP contribution in [-0.2, 0) is 0 Å². The minimum atomic E-state index is 1.75. The average Bonchev–Trinajstić information content (AvgIpc) is 1.66. The van der Waals surface area contributed by atoms with Gasteiger partial charge in [-0.15, -0.1) is 0 Å². The van der Waals surface area contributed by atoms with Crippen LogP contribution in [0.3, 0.4) is 0 Å². The number of nitrogens with zero attached hydrogens (tertiary/aromatic N) is 2. The number of hydrogen-bond acceptors (Lipinski definition) is 2. The number of hydrogen-bond donors (Lipinski definition) is 0. The van der Waals surface area contributed by atoms with E-state index in [2.05, 4.69) is 6.92 Å². The third-order valence-corrected chi connectivity index (χ3v) is 0. The normalized spacial score (nSPS) is 7.80. The predicted molar refractivity (Wildman–Crippen MR) is 50.3 cm³/mol. The van der Waals surface area contributed by atoms with Gasteiger partial charge in [0.05, 0.1) is 0 Å². The van der Waals surface area contributed by atoms with E-state index in [9.17, 15) is 0 Å². The Morgan fingerprint density at radius 2 is 0.600 bits per heavy atom. The first-order chi connectivity index (χ1) is 4.46. The molecule has 0 aromatic carbocycles. The molecule has 0 heterocycles. The third kappa shape index (κ3) is 59300. The van der Waals surface area contributed by atoms with Crippen molar-refractivity contribution in [2.24, 2.45) is 0 Å². The molecule has 2 nitrogen and oxygen atoms in total. The fourth-order valence-electron chi connectivity index (χ4n) is 0. The molecule has 0 rings (SSSR count). The molecule has 0 aliphatic carbocycles. The minimum absolute atomic E-state index is 1.75. The SMILES string of the molecule is CN(C)C.CN(C)C.[CH2]C. The summed E-state index contributed by atoms with van der Waals surface area (Å²) in [5, 5.41) is 0. The maximum Gasteiger partial charge on any atom is -0.0140 e. The van der Waals surface area contributed by atoms with Gasteiger partial charge in [-0.05, 0) is 42.3 Å². The van der Waals surface area contributed by atoms with Gasteiger partial charge >= 0.3 is 0 Å². The molecule has 65 valence electrons. The Bertz CT molecular complexity index is 22.7. The molecule has 0 aromatic rings. The Kier molecular flexibility index (Phi) is 26.3. The van der Waals surface area contributed by atoms with Gasteiger partial charge in [0, 0.05) is 0 Å². The smallest absolute Gasteiger partial charge is 0.0140 e. The first kappa shape index (κ1) is 16.5. The molecule has 0 amide bonds. The van der Waals surface area contributed by atoms with Crippen LogP contribution in [0.5, 0.6) is 0 Å². The van der Waals surface area contributed by atoms with E-state index in [-0.39, 0.29) is 0 Å². The largest absolute Gasteiger partial charge is 0.312 e. The van der Waals surface area contributed by atoms with Gasteiger partial charge in [0.2, 0.25) is 0 Å². The molecule has 0 atom stereocenters. The predicted octanol–water partition coefficient (Wildman–Crippen LogP) is 1.20. The van der Waals surface area contributed by atoms with E-state index >= 15 is 0 Å². The highest BCUT2D eigenvalue weighted by Crippen LogP contribution is 1.48. The van der Waals surface area contributed by atoms with Crippen molar-refractivity contribution in [3.63, 3.8) is 0 Å². The zero-order chi connectivity index (χ0) is 9.15. The third-order valence-electron chi connectivity index (χ3n) is 0. The van der Waals surface area contributed by atoms with E-state index in [0.29, 0.717) is 0 Å². The first-order valence-electron chi connectivity index (χ1n) is 3.39. The van der Waals surface area contributed by atoms with Gasteiger partial charge in [-0.3, -0.25) is 0 Å². The summed E-state index contributed by atoms with van der Waals surface area (Å²) < 4.78 is 0. The molecule has 0 aliphatic heterocycles. The highest BCUT2D eigenvalue weighted by molar-refractivity contribution is 4.09. The van der Waals surface area contributed by atoms with E-state index in [0.717, 1.165) is 0 Å². The zero-order valence-corrected chi connectivity index (χ0v) is 8.60. The summed E-state index contributed by atoms with van der Waals surface area (Å²) in [4.78, 5) is 4.00. The van der Waals surface area contributed by atoms with E-state index in [1.54, 1.807) is 6.92 Å². The van der Waals surface area contributed by atoms with E-state index in [1.165, 1.54) is 0 Å². The molecule has 2 heteroatoms. The summed E-state index contributed by atoms with van der Waals surface area (Å²) in [6, 6.07) is 0. The lowest BCUT2D eigenvalue weighted by atomic mass is 11.0. The molecule has 0 fully saturated rings. The Balaban J connectivity index is -0.0000000787. The van der Waals surface area contributed by atoms with Gasteiger partial charge < -0.3 is 9.80 Å². The van der Waals surface area contributed by atoms with E-state index in [4.69, 9.17) is 0 Å². The lowest BCUT2D eigenvalue weighted by Crippen LogP contribution is -1.99. The molecule has 0 saturated carbocycles. The van der Waals surface area contributed by atoms with Crippen molar-refractivity contribution in [1.29, 1.82) is 0 Å². The van der Waals surface area contributed by atoms with E-state index < -0.39 is 0 Å². The second-order valence-corrected chi connectivity index (χ2v) is 2.68. The molecule has 0 aliphatic rings. The van der Waals surface area contributed by atoms with Crippen LogP contribution in [0, 0.1) is 6.92 Å². The molecule has 10 heavy (non-hydrogen) atoms. The molecule has 0 bridgehead atoms. The van der Waals surface area contributed by atoms with Crippen LogP contribution < -0.4 is 0 Å². The quantitative estimate of drug-likeness (QED) is 0.508. The summed E-state index contributed by atoms with van der Waals surface area (Å²) in [6.45, 7) is 5.00. The molecule has 0 spiro atoms. The van der Waals surface area contributed by atoms with Crippen LogP contribution >= 0.6 is 0 Å². The van der Waals surface area contributed by atoms with Crippen molar-refractivity contribution in [3.8, 4) is 0 Å². The van der Waals surface area contributed by atoms with Gasteiger partial charge in [0.15, 0.2) is 0 Å². The average molecular weight is 147 g/mol. The molecule has 0 N–H and O–H groups in total. The van der Waals surface area contributed by atoms with Crippen LogP contribution in [0.4, 0.5) is 0 Å². The summed E-state index contributed by atoms with van der Waals surface area (Å²) in [5.74, 6) is 0. The summed E-state index contributed by atoms with van der Waals surface area (Å²) in [6.07, 6.45) is 0. The van der Waals surface area contributed by atoms with Gasteiger partial charge in [0.25, 0.3) is 0 Å². The Morgan fingerprint density at radius 3 is 0.600 bits per heavy atom. The second kappa shape index (κ2) is 16.0. The summed E-state index contributed by atoms with van der Waals surface area (Å²) in [7, 11) is 12.0. The zero-order valence-electron chi connectivity index (χ0n) is 8.60. The van der Waals surface area contributed by atoms with Gasteiger partial charge in [0.1, 0.15) is 0 Å². The highest BCUT2D eigenvalue weighted by atomic mass is 15.0. The van der Waals surface area contributed by atoms with Crippen LogP contribution in [0.1, 0.15) is 6.92 Å².